The zero-order chi connectivity index (χ0) is 13.4. The maximum Gasteiger partial charge on any atom is 0.146 e. The van der Waals surface area contributed by atoms with Gasteiger partial charge in [0, 0.05) is 5.56 Å². The van der Waals surface area contributed by atoms with Crippen molar-refractivity contribution >= 4 is 22.6 Å². The van der Waals surface area contributed by atoms with Crippen LogP contribution < -0.4 is 0 Å². The molecule has 0 bridgehead atoms. The monoisotopic (exact) mass is 274 g/mol. The molecule has 19 heavy (non-hydrogen) atoms. The molecule has 0 N–H and O–H groups in total. The average molecular weight is 275 g/mol. The molecule has 1 aromatic heterocycles. The maximum atomic E-state index is 14.0. The standard InChI is InChI=1S/C15H12ClFN2/c1-10-18-13-7-2-3-8-14(13)19(10)9-11-5-4-6-12(16)15(11)17/h2-8H,9H2,1H3. The second kappa shape index (κ2) is 4.67. The van der Waals surface area contributed by atoms with Gasteiger partial charge >= 0.3 is 0 Å². The van der Waals surface area contributed by atoms with Crippen molar-refractivity contribution in [3.8, 4) is 0 Å². The second-order valence-corrected chi connectivity index (χ2v) is 4.85. The summed E-state index contributed by atoms with van der Waals surface area (Å²) in [5, 5.41) is 0.152. The Kier molecular flexibility index (Phi) is 2.99. The van der Waals surface area contributed by atoms with E-state index in [1.165, 1.54) is 0 Å². The summed E-state index contributed by atoms with van der Waals surface area (Å²) in [6.07, 6.45) is 0. The molecule has 3 aromatic rings. The number of aryl methyl sites for hydroxylation is 1. The summed E-state index contributed by atoms with van der Waals surface area (Å²) < 4.78 is 15.9. The largest absolute Gasteiger partial charge is 0.324 e. The van der Waals surface area contributed by atoms with Crippen molar-refractivity contribution in [2.75, 3.05) is 0 Å². The van der Waals surface area contributed by atoms with Gasteiger partial charge in [-0.2, -0.15) is 0 Å². The molecule has 0 spiro atoms. The maximum absolute atomic E-state index is 14.0. The first kappa shape index (κ1) is 12.2. The van der Waals surface area contributed by atoms with Crippen LogP contribution in [0.2, 0.25) is 5.02 Å². The van der Waals surface area contributed by atoms with Gasteiger partial charge in [0.1, 0.15) is 11.6 Å². The first-order valence-corrected chi connectivity index (χ1v) is 6.39. The van der Waals surface area contributed by atoms with Crippen LogP contribution in [-0.2, 0) is 6.54 Å². The molecular weight excluding hydrogens is 263 g/mol. The van der Waals surface area contributed by atoms with Gasteiger partial charge in [0.15, 0.2) is 0 Å². The lowest BCUT2D eigenvalue weighted by atomic mass is 10.2. The Morgan fingerprint density at radius 1 is 1.16 bits per heavy atom. The van der Waals surface area contributed by atoms with Crippen LogP contribution in [0.15, 0.2) is 42.5 Å². The molecule has 2 nitrogen and oxygen atoms in total. The molecule has 0 aliphatic rings. The molecule has 0 amide bonds. The van der Waals surface area contributed by atoms with Gasteiger partial charge in [0.25, 0.3) is 0 Å². The van der Waals surface area contributed by atoms with Gasteiger partial charge in [-0.1, -0.05) is 35.9 Å². The molecule has 0 saturated heterocycles. The molecule has 0 fully saturated rings. The van der Waals surface area contributed by atoms with Crippen molar-refractivity contribution in [2.45, 2.75) is 13.5 Å². The van der Waals surface area contributed by atoms with Crippen LogP contribution in [0.5, 0.6) is 0 Å². The molecule has 0 saturated carbocycles. The summed E-state index contributed by atoms with van der Waals surface area (Å²) in [5.74, 6) is 0.502. The van der Waals surface area contributed by atoms with Crippen LogP contribution in [0, 0.1) is 12.7 Å². The van der Waals surface area contributed by atoms with Crippen molar-refractivity contribution in [1.82, 2.24) is 9.55 Å². The molecule has 96 valence electrons. The van der Waals surface area contributed by atoms with E-state index in [-0.39, 0.29) is 10.8 Å². The number of rotatable bonds is 2. The van der Waals surface area contributed by atoms with Crippen LogP contribution in [0.3, 0.4) is 0 Å². The predicted octanol–water partition coefficient (Wildman–Crippen LogP) is 4.19. The molecule has 0 aliphatic heterocycles. The lowest BCUT2D eigenvalue weighted by molar-refractivity contribution is 0.600. The number of hydrogen-bond donors (Lipinski definition) is 0. The SMILES string of the molecule is Cc1nc2ccccc2n1Cc1cccc(Cl)c1F. The Bertz CT molecular complexity index is 749. The van der Waals surface area contributed by atoms with Crippen molar-refractivity contribution in [3.05, 3.63) is 64.7 Å². The number of nitrogens with zero attached hydrogens (tertiary/aromatic N) is 2. The Morgan fingerprint density at radius 3 is 2.79 bits per heavy atom. The van der Waals surface area contributed by atoms with Gasteiger partial charge in [-0.3, -0.25) is 0 Å². The number of fused-ring (bicyclic) bond motifs is 1. The van der Waals surface area contributed by atoms with E-state index >= 15 is 0 Å². The van der Waals surface area contributed by atoms with Crippen molar-refractivity contribution in [2.24, 2.45) is 0 Å². The van der Waals surface area contributed by atoms with Crippen LogP contribution in [0.25, 0.3) is 11.0 Å². The Morgan fingerprint density at radius 2 is 1.95 bits per heavy atom. The number of imidazole rings is 1. The van der Waals surface area contributed by atoms with Crippen molar-refractivity contribution < 1.29 is 4.39 Å². The highest BCUT2D eigenvalue weighted by atomic mass is 35.5. The van der Waals surface area contributed by atoms with E-state index in [0.717, 1.165) is 16.9 Å². The van der Waals surface area contributed by atoms with Gasteiger partial charge < -0.3 is 4.57 Å². The quantitative estimate of drug-likeness (QED) is 0.685. The minimum Gasteiger partial charge on any atom is -0.324 e. The first-order valence-electron chi connectivity index (χ1n) is 6.01. The molecule has 2 aromatic carbocycles. The highest BCUT2D eigenvalue weighted by Gasteiger charge is 2.11. The van der Waals surface area contributed by atoms with E-state index in [2.05, 4.69) is 4.98 Å². The Balaban J connectivity index is 2.11. The summed E-state index contributed by atoms with van der Waals surface area (Å²) in [6.45, 7) is 2.35. The third-order valence-corrected chi connectivity index (χ3v) is 3.50. The fourth-order valence-electron chi connectivity index (χ4n) is 2.24. The molecule has 1 heterocycles. The predicted molar refractivity (Wildman–Crippen MR) is 75.0 cm³/mol. The number of benzene rings is 2. The summed E-state index contributed by atoms with van der Waals surface area (Å²) in [6, 6.07) is 12.9. The summed E-state index contributed by atoms with van der Waals surface area (Å²) in [7, 11) is 0. The third-order valence-electron chi connectivity index (χ3n) is 3.21. The number of hydrogen-bond acceptors (Lipinski definition) is 1. The summed E-state index contributed by atoms with van der Waals surface area (Å²) in [4.78, 5) is 4.47. The van der Waals surface area contributed by atoms with Gasteiger partial charge in [-0.15, -0.1) is 0 Å². The van der Waals surface area contributed by atoms with Crippen LogP contribution in [0.4, 0.5) is 4.39 Å². The smallest absolute Gasteiger partial charge is 0.146 e. The molecule has 3 rings (SSSR count). The van der Waals surface area contributed by atoms with E-state index in [4.69, 9.17) is 11.6 Å². The molecular formula is C15H12ClFN2. The lowest BCUT2D eigenvalue weighted by Gasteiger charge is -2.08. The molecule has 0 radical (unpaired) electrons. The fraction of sp³-hybridized carbons (Fsp3) is 0.133. The average Bonchev–Trinajstić information content (AvgIpc) is 2.72. The van der Waals surface area contributed by atoms with Gasteiger partial charge in [0.05, 0.1) is 22.6 Å². The molecule has 0 aliphatic carbocycles. The number of halogens is 2. The number of aromatic nitrogens is 2. The molecule has 0 unspecified atom stereocenters. The highest BCUT2D eigenvalue weighted by Crippen LogP contribution is 2.22. The molecule has 4 heteroatoms. The van der Waals surface area contributed by atoms with E-state index in [1.54, 1.807) is 18.2 Å². The van der Waals surface area contributed by atoms with E-state index in [1.807, 2.05) is 35.8 Å². The Labute approximate surface area is 115 Å². The summed E-state index contributed by atoms with van der Waals surface area (Å²) in [5.41, 5.74) is 2.49. The zero-order valence-corrected chi connectivity index (χ0v) is 11.2. The molecule has 0 atom stereocenters. The van der Waals surface area contributed by atoms with Gasteiger partial charge in [0.2, 0.25) is 0 Å². The van der Waals surface area contributed by atoms with Crippen molar-refractivity contribution in [1.29, 1.82) is 0 Å². The Hall–Kier alpha value is -1.87. The van der Waals surface area contributed by atoms with Gasteiger partial charge in [-0.05, 0) is 25.1 Å². The second-order valence-electron chi connectivity index (χ2n) is 4.45. The van der Waals surface area contributed by atoms with Crippen LogP contribution >= 0.6 is 11.6 Å². The summed E-state index contributed by atoms with van der Waals surface area (Å²) >= 11 is 5.81. The fourth-order valence-corrected chi connectivity index (χ4v) is 2.43. The minimum atomic E-state index is -0.360. The van der Waals surface area contributed by atoms with Crippen molar-refractivity contribution in [3.63, 3.8) is 0 Å². The van der Waals surface area contributed by atoms with E-state index in [9.17, 15) is 4.39 Å². The lowest BCUT2D eigenvalue weighted by Crippen LogP contribution is -2.04. The highest BCUT2D eigenvalue weighted by molar-refractivity contribution is 6.30. The zero-order valence-electron chi connectivity index (χ0n) is 10.4. The van der Waals surface area contributed by atoms with Crippen LogP contribution in [-0.4, -0.2) is 9.55 Å². The normalized spacial score (nSPS) is 11.1. The topological polar surface area (TPSA) is 17.8 Å². The van der Waals surface area contributed by atoms with Gasteiger partial charge in [-0.25, -0.2) is 9.37 Å². The first-order chi connectivity index (χ1) is 9.16. The third kappa shape index (κ3) is 2.10. The minimum absolute atomic E-state index is 0.152. The number of para-hydroxylation sites is 2. The van der Waals surface area contributed by atoms with E-state index < -0.39 is 0 Å². The van der Waals surface area contributed by atoms with Crippen LogP contribution in [0.1, 0.15) is 11.4 Å². The van der Waals surface area contributed by atoms with E-state index in [0.29, 0.717) is 12.1 Å².